The first-order valence-electron chi connectivity index (χ1n) is 10.2. The predicted octanol–water partition coefficient (Wildman–Crippen LogP) is 3.93. The van der Waals surface area contributed by atoms with Gasteiger partial charge >= 0.3 is 0 Å². The highest BCUT2D eigenvalue weighted by Crippen LogP contribution is 2.39. The third kappa shape index (κ3) is 3.52. The second-order valence-corrected chi connectivity index (χ2v) is 8.78. The van der Waals surface area contributed by atoms with Gasteiger partial charge in [-0.3, -0.25) is 4.90 Å². The zero-order chi connectivity index (χ0) is 18.9. The molecule has 0 unspecified atom stereocenters. The van der Waals surface area contributed by atoms with E-state index in [0.29, 0.717) is 0 Å². The van der Waals surface area contributed by atoms with Crippen molar-refractivity contribution in [2.45, 2.75) is 39.3 Å². The van der Waals surface area contributed by atoms with Gasteiger partial charge < -0.3 is 10.1 Å². The lowest BCUT2D eigenvalue weighted by molar-refractivity contribution is 0.0331. The molecular weight excluding hydrogens is 368 g/mol. The smallest absolute Gasteiger partial charge is 0.146 e. The van der Waals surface area contributed by atoms with Crippen LogP contribution in [-0.2, 0) is 30.7 Å². The van der Waals surface area contributed by atoms with Crippen molar-refractivity contribution in [1.29, 1.82) is 0 Å². The standard InChI is InChI=1S/C22H26N4OS/c1-15-5-2-3-6-16(15)13-23-21-20-17-7-4-8-18(17)28-22(20)25-19(24-21)14-26-9-11-27-12-10-26/h2-3,5-6H,4,7-14H2,1H3,(H,23,24,25). The molecule has 0 bridgehead atoms. The molecule has 2 aromatic heterocycles. The van der Waals surface area contributed by atoms with Crippen molar-refractivity contribution in [3.8, 4) is 0 Å². The minimum Gasteiger partial charge on any atom is -0.379 e. The molecule has 2 aliphatic rings. The van der Waals surface area contributed by atoms with Crippen LogP contribution in [0.2, 0.25) is 0 Å². The lowest BCUT2D eigenvalue weighted by Gasteiger charge is -2.25. The summed E-state index contributed by atoms with van der Waals surface area (Å²) in [5.41, 5.74) is 4.10. The minimum absolute atomic E-state index is 0.792. The lowest BCUT2D eigenvalue weighted by atomic mass is 10.1. The number of morpholine rings is 1. The molecule has 28 heavy (non-hydrogen) atoms. The average molecular weight is 395 g/mol. The van der Waals surface area contributed by atoms with Crippen LogP contribution in [0.4, 0.5) is 5.82 Å². The Bertz CT molecular complexity index is 994. The summed E-state index contributed by atoms with van der Waals surface area (Å²) in [4.78, 5) is 15.0. The number of hydrogen-bond acceptors (Lipinski definition) is 6. The van der Waals surface area contributed by atoms with Gasteiger partial charge in [-0.05, 0) is 42.9 Å². The molecular formula is C22H26N4OS. The Labute approximate surface area is 169 Å². The lowest BCUT2D eigenvalue weighted by Crippen LogP contribution is -2.36. The number of nitrogens with one attached hydrogen (secondary N) is 1. The first-order valence-corrected chi connectivity index (χ1v) is 11.0. The molecule has 0 radical (unpaired) electrons. The van der Waals surface area contributed by atoms with Gasteiger partial charge in [-0.2, -0.15) is 0 Å². The number of nitrogens with zero attached hydrogens (tertiary/aromatic N) is 3. The van der Waals surface area contributed by atoms with E-state index in [2.05, 4.69) is 41.4 Å². The Morgan fingerprint density at radius 1 is 1.14 bits per heavy atom. The summed E-state index contributed by atoms with van der Waals surface area (Å²) < 4.78 is 5.48. The maximum atomic E-state index is 5.48. The fourth-order valence-corrected chi connectivity index (χ4v) is 5.47. The largest absolute Gasteiger partial charge is 0.379 e. The highest BCUT2D eigenvalue weighted by atomic mass is 32.1. The quantitative estimate of drug-likeness (QED) is 0.710. The number of aromatic nitrogens is 2. The zero-order valence-electron chi connectivity index (χ0n) is 16.3. The van der Waals surface area contributed by atoms with Gasteiger partial charge in [0.1, 0.15) is 16.5 Å². The van der Waals surface area contributed by atoms with E-state index < -0.39 is 0 Å². The van der Waals surface area contributed by atoms with E-state index in [0.717, 1.165) is 62.3 Å². The van der Waals surface area contributed by atoms with Crippen molar-refractivity contribution >= 4 is 27.4 Å². The molecule has 146 valence electrons. The third-order valence-corrected chi connectivity index (χ3v) is 6.97. The molecule has 0 amide bonds. The number of rotatable bonds is 5. The van der Waals surface area contributed by atoms with Crippen molar-refractivity contribution in [2.75, 3.05) is 31.6 Å². The Morgan fingerprint density at radius 2 is 2.00 bits per heavy atom. The van der Waals surface area contributed by atoms with Crippen LogP contribution >= 0.6 is 11.3 Å². The molecule has 3 aromatic rings. The molecule has 5 rings (SSSR count). The molecule has 0 saturated carbocycles. The van der Waals surface area contributed by atoms with Gasteiger partial charge in [0.15, 0.2) is 0 Å². The van der Waals surface area contributed by atoms with Crippen molar-refractivity contribution in [1.82, 2.24) is 14.9 Å². The summed E-state index contributed by atoms with van der Waals surface area (Å²) in [5, 5.41) is 4.91. The summed E-state index contributed by atoms with van der Waals surface area (Å²) in [6, 6.07) is 8.55. The Balaban J connectivity index is 1.48. The topological polar surface area (TPSA) is 50.3 Å². The van der Waals surface area contributed by atoms with Crippen LogP contribution in [0.1, 0.15) is 33.8 Å². The van der Waals surface area contributed by atoms with E-state index in [1.807, 2.05) is 11.3 Å². The molecule has 1 aliphatic carbocycles. The van der Waals surface area contributed by atoms with Gasteiger partial charge in [-0.25, -0.2) is 9.97 Å². The monoisotopic (exact) mass is 394 g/mol. The highest BCUT2D eigenvalue weighted by Gasteiger charge is 2.23. The first-order chi connectivity index (χ1) is 13.8. The van der Waals surface area contributed by atoms with Crippen LogP contribution < -0.4 is 5.32 Å². The number of hydrogen-bond donors (Lipinski definition) is 1. The fraction of sp³-hybridized carbons (Fsp3) is 0.455. The van der Waals surface area contributed by atoms with Crippen molar-refractivity contribution in [3.05, 3.63) is 51.7 Å². The molecule has 1 saturated heterocycles. The van der Waals surface area contributed by atoms with E-state index in [1.54, 1.807) is 0 Å². The maximum Gasteiger partial charge on any atom is 0.146 e. The van der Waals surface area contributed by atoms with Crippen LogP contribution in [0.25, 0.3) is 10.2 Å². The number of ether oxygens (including phenoxy) is 1. The average Bonchev–Trinajstić information content (AvgIpc) is 3.29. The van der Waals surface area contributed by atoms with Crippen LogP contribution in [0.15, 0.2) is 24.3 Å². The van der Waals surface area contributed by atoms with Crippen LogP contribution in [-0.4, -0.2) is 41.2 Å². The van der Waals surface area contributed by atoms with Gasteiger partial charge in [0.05, 0.1) is 25.1 Å². The van der Waals surface area contributed by atoms with Gasteiger partial charge in [-0.15, -0.1) is 11.3 Å². The molecule has 1 N–H and O–H groups in total. The van der Waals surface area contributed by atoms with Gasteiger partial charge in [-0.1, -0.05) is 24.3 Å². The number of anilines is 1. The predicted molar refractivity (Wildman–Crippen MR) is 114 cm³/mol. The summed E-state index contributed by atoms with van der Waals surface area (Å²) in [6.45, 7) is 7.25. The summed E-state index contributed by atoms with van der Waals surface area (Å²) >= 11 is 1.87. The fourth-order valence-electron chi connectivity index (χ4n) is 4.19. The van der Waals surface area contributed by atoms with E-state index in [-0.39, 0.29) is 0 Å². The summed E-state index contributed by atoms with van der Waals surface area (Å²) in [7, 11) is 0. The Morgan fingerprint density at radius 3 is 2.86 bits per heavy atom. The third-order valence-electron chi connectivity index (χ3n) is 5.79. The molecule has 6 heteroatoms. The van der Waals surface area contributed by atoms with E-state index >= 15 is 0 Å². The zero-order valence-corrected chi connectivity index (χ0v) is 17.1. The normalized spacial score (nSPS) is 17.2. The minimum atomic E-state index is 0.792. The molecule has 0 atom stereocenters. The summed E-state index contributed by atoms with van der Waals surface area (Å²) in [6.07, 6.45) is 3.59. The maximum absolute atomic E-state index is 5.48. The van der Waals surface area contributed by atoms with Crippen LogP contribution in [0.5, 0.6) is 0 Å². The number of benzene rings is 1. The van der Waals surface area contributed by atoms with Gasteiger partial charge in [0.2, 0.25) is 0 Å². The van der Waals surface area contributed by atoms with E-state index in [4.69, 9.17) is 14.7 Å². The molecule has 1 aromatic carbocycles. The van der Waals surface area contributed by atoms with E-state index in [1.165, 1.54) is 39.8 Å². The molecule has 5 nitrogen and oxygen atoms in total. The van der Waals surface area contributed by atoms with Gasteiger partial charge in [0, 0.05) is 24.5 Å². The second kappa shape index (κ2) is 7.78. The first kappa shape index (κ1) is 18.0. The Kier molecular flexibility index (Phi) is 5.01. The van der Waals surface area contributed by atoms with E-state index in [9.17, 15) is 0 Å². The van der Waals surface area contributed by atoms with Gasteiger partial charge in [0.25, 0.3) is 0 Å². The van der Waals surface area contributed by atoms with Crippen molar-refractivity contribution in [2.24, 2.45) is 0 Å². The van der Waals surface area contributed by atoms with Crippen molar-refractivity contribution < 1.29 is 4.74 Å². The second-order valence-electron chi connectivity index (χ2n) is 7.69. The SMILES string of the molecule is Cc1ccccc1CNc1nc(CN2CCOCC2)nc2sc3c(c12)CCC3. The number of fused-ring (bicyclic) bond motifs is 3. The summed E-state index contributed by atoms with van der Waals surface area (Å²) in [5.74, 6) is 1.93. The number of thiophene rings is 1. The molecule has 0 spiro atoms. The molecule has 3 heterocycles. The Hall–Kier alpha value is -2.02. The number of aryl methyl sites for hydroxylation is 3. The molecule has 1 fully saturated rings. The van der Waals surface area contributed by atoms with Crippen LogP contribution in [0, 0.1) is 6.92 Å². The highest BCUT2D eigenvalue weighted by molar-refractivity contribution is 7.19. The van der Waals surface area contributed by atoms with Crippen LogP contribution in [0.3, 0.4) is 0 Å². The molecule has 1 aliphatic heterocycles. The van der Waals surface area contributed by atoms with Crippen molar-refractivity contribution in [3.63, 3.8) is 0 Å².